The Morgan fingerprint density at radius 2 is 1.76 bits per heavy atom. The Morgan fingerprint density at radius 1 is 1.03 bits per heavy atom. The summed E-state index contributed by atoms with van der Waals surface area (Å²) in [5.74, 6) is -0.915. The number of fused-ring (bicyclic) bond motifs is 1. The predicted molar refractivity (Wildman–Crippen MR) is 137 cm³/mol. The topological polar surface area (TPSA) is 170 Å². The van der Waals surface area contributed by atoms with Crippen LogP contribution >= 0.6 is 0 Å². The average molecular weight is 532 g/mol. The smallest absolute Gasteiger partial charge is 0.374 e. The van der Waals surface area contributed by atoms with Gasteiger partial charge in [-0.3, -0.25) is 0 Å². The lowest BCUT2D eigenvalue weighted by Gasteiger charge is -2.45. The quantitative estimate of drug-likeness (QED) is 0.151. The van der Waals surface area contributed by atoms with Crippen molar-refractivity contribution in [2.45, 2.75) is 82.3 Å². The van der Waals surface area contributed by atoms with Gasteiger partial charge in [0.05, 0.1) is 6.10 Å². The number of unbranched alkanes of at least 4 members (excludes halogenated alkanes) is 3. The number of imidazole rings is 1. The molecule has 0 amide bonds. The third-order valence-corrected chi connectivity index (χ3v) is 6.94. The highest BCUT2D eigenvalue weighted by atomic mass is 16.6. The first-order valence-corrected chi connectivity index (χ1v) is 13.0. The Balaban J connectivity index is 1.54. The van der Waals surface area contributed by atoms with Gasteiger partial charge < -0.3 is 44.6 Å². The van der Waals surface area contributed by atoms with Gasteiger partial charge in [0, 0.05) is 47.8 Å². The maximum Gasteiger partial charge on any atom is 0.374 e. The number of aromatic amines is 2. The van der Waals surface area contributed by atoms with Gasteiger partial charge in [0.1, 0.15) is 30.5 Å². The Kier molecular flexibility index (Phi) is 9.53. The van der Waals surface area contributed by atoms with Gasteiger partial charge in [0.15, 0.2) is 6.10 Å². The molecule has 1 saturated carbocycles. The molecular weight excluding hydrogens is 494 g/mol. The fourth-order valence-corrected chi connectivity index (χ4v) is 4.88. The molecule has 1 aliphatic carbocycles. The molecule has 0 aliphatic heterocycles. The van der Waals surface area contributed by atoms with E-state index < -0.39 is 48.7 Å². The first-order chi connectivity index (χ1) is 18.3. The van der Waals surface area contributed by atoms with Gasteiger partial charge in [-0.15, -0.1) is 0 Å². The van der Waals surface area contributed by atoms with Crippen LogP contribution in [-0.4, -0.2) is 91.2 Å². The van der Waals surface area contributed by atoms with E-state index >= 15 is 0 Å². The second-order valence-electron chi connectivity index (χ2n) is 9.76. The van der Waals surface area contributed by atoms with Crippen LogP contribution in [0.2, 0.25) is 0 Å². The third kappa shape index (κ3) is 6.25. The van der Waals surface area contributed by atoms with Gasteiger partial charge in [-0.05, 0) is 32.8 Å². The Hall–Kier alpha value is -2.80. The number of nitrogens with zero attached hydrogens (tertiary/aromatic N) is 1. The van der Waals surface area contributed by atoms with E-state index in [0.717, 1.165) is 29.3 Å². The number of carbonyl (C=O) groups is 1. The lowest BCUT2D eigenvalue weighted by molar-refractivity contribution is -0.253. The van der Waals surface area contributed by atoms with E-state index in [-0.39, 0.29) is 19.0 Å². The van der Waals surface area contributed by atoms with Crippen LogP contribution in [-0.2, 0) is 14.2 Å². The minimum absolute atomic E-state index is 0.0663. The molecule has 0 radical (unpaired) electrons. The molecule has 6 N–H and O–H groups in total. The summed E-state index contributed by atoms with van der Waals surface area (Å²) in [7, 11) is 0. The summed E-state index contributed by atoms with van der Waals surface area (Å²) >= 11 is 0. The molecule has 0 spiro atoms. The number of hydrogen-bond acceptors (Lipinski definition) is 9. The van der Waals surface area contributed by atoms with E-state index in [2.05, 4.69) is 15.0 Å². The van der Waals surface area contributed by atoms with Gasteiger partial charge in [0.25, 0.3) is 0 Å². The summed E-state index contributed by atoms with van der Waals surface area (Å²) in [6.45, 7) is 3.88. The van der Waals surface area contributed by atoms with E-state index in [1.54, 1.807) is 13.8 Å². The molecule has 1 aliphatic rings. The highest BCUT2D eigenvalue weighted by molar-refractivity contribution is 5.85. The number of aryl methyl sites for hydroxylation is 1. The number of carbonyl (C=O) groups excluding carboxylic acids is 1. The van der Waals surface area contributed by atoms with Crippen LogP contribution in [0.4, 0.5) is 0 Å². The zero-order valence-corrected chi connectivity index (χ0v) is 21.6. The largest absolute Gasteiger partial charge is 0.451 e. The van der Waals surface area contributed by atoms with Crippen LogP contribution in [0.25, 0.3) is 10.9 Å². The summed E-state index contributed by atoms with van der Waals surface area (Å²) in [6.07, 6.45) is -2.60. The van der Waals surface area contributed by atoms with E-state index in [1.807, 2.05) is 30.5 Å². The molecule has 2 aromatic heterocycles. The maximum atomic E-state index is 12.8. The number of aromatic nitrogens is 3. The molecule has 7 atom stereocenters. The molecular formula is C27H37N3O8. The number of nitrogens with one attached hydrogen (secondary N) is 2. The van der Waals surface area contributed by atoms with Gasteiger partial charge >= 0.3 is 5.97 Å². The van der Waals surface area contributed by atoms with Gasteiger partial charge in [-0.25, -0.2) is 9.78 Å². The number of rotatable bonds is 12. The molecule has 1 fully saturated rings. The number of ether oxygens (including phenoxy) is 3. The van der Waals surface area contributed by atoms with Crippen molar-refractivity contribution in [3.8, 4) is 0 Å². The Bertz CT molecular complexity index is 1180. The molecule has 7 unspecified atom stereocenters. The van der Waals surface area contributed by atoms with Crippen molar-refractivity contribution in [1.29, 1.82) is 0 Å². The zero-order valence-electron chi connectivity index (χ0n) is 21.6. The molecule has 1 aromatic carbocycles. The molecule has 3 aromatic rings. The first kappa shape index (κ1) is 28.2. The number of aliphatic hydroxyl groups is 4. The summed E-state index contributed by atoms with van der Waals surface area (Å²) in [5.41, 5.74) is 2.38. The standard InChI is InChI=1S/C27H37N3O8/c1-15-13-29-26(30-15)27(35)38-24-21(33)20(32)23(36-12-8-4-3-7-11-31)22(34)25(24)37-16(2)18-14-28-19-10-6-5-9-17(18)19/h5-6,9-10,13-14,16,20-25,28,31-34H,3-4,7-8,11-12H2,1-2H3,(H,29,30). The van der Waals surface area contributed by atoms with Crippen LogP contribution in [0.3, 0.4) is 0 Å². The van der Waals surface area contributed by atoms with Gasteiger partial charge in [-0.2, -0.15) is 0 Å². The van der Waals surface area contributed by atoms with Crippen molar-refractivity contribution in [3.05, 3.63) is 53.7 Å². The number of hydrogen-bond donors (Lipinski definition) is 6. The fraction of sp³-hybridized carbons (Fsp3) is 0.556. The van der Waals surface area contributed by atoms with E-state index in [9.17, 15) is 20.1 Å². The first-order valence-electron chi connectivity index (χ1n) is 13.0. The van der Waals surface area contributed by atoms with E-state index in [1.165, 1.54) is 6.20 Å². The predicted octanol–water partition coefficient (Wildman–Crippen LogP) is 1.91. The molecule has 0 saturated heterocycles. The molecule has 0 bridgehead atoms. The van der Waals surface area contributed by atoms with Gasteiger partial charge in [-0.1, -0.05) is 31.0 Å². The summed E-state index contributed by atoms with van der Waals surface area (Å²) in [6, 6.07) is 7.69. The average Bonchev–Trinajstić information content (AvgIpc) is 3.55. The highest BCUT2D eigenvalue weighted by Crippen LogP contribution is 2.34. The van der Waals surface area contributed by atoms with Crippen LogP contribution in [0.5, 0.6) is 0 Å². The SMILES string of the molecule is Cc1cnc(C(=O)OC2C(O)C(O)C(OCCCCCCO)C(O)C2OC(C)c2c[nH]c3ccccc23)[nH]1. The van der Waals surface area contributed by atoms with Crippen molar-refractivity contribution in [2.75, 3.05) is 13.2 Å². The van der Waals surface area contributed by atoms with E-state index in [4.69, 9.17) is 19.3 Å². The minimum atomic E-state index is -1.59. The van der Waals surface area contributed by atoms with E-state index in [0.29, 0.717) is 18.5 Å². The number of para-hydroxylation sites is 1. The van der Waals surface area contributed by atoms with Crippen molar-refractivity contribution in [3.63, 3.8) is 0 Å². The maximum absolute atomic E-state index is 12.8. The molecule has 11 nitrogen and oxygen atoms in total. The second kappa shape index (κ2) is 12.8. The lowest BCUT2D eigenvalue weighted by atomic mass is 9.84. The second-order valence-corrected chi connectivity index (χ2v) is 9.76. The molecule has 4 rings (SSSR count). The molecule has 38 heavy (non-hydrogen) atoms. The normalized spacial score (nSPS) is 26.5. The van der Waals surface area contributed by atoms with Crippen molar-refractivity contribution in [1.82, 2.24) is 15.0 Å². The van der Waals surface area contributed by atoms with Crippen molar-refractivity contribution >= 4 is 16.9 Å². The van der Waals surface area contributed by atoms with Crippen LogP contribution in [0.1, 0.15) is 60.6 Å². The number of H-pyrrole nitrogens is 2. The lowest BCUT2D eigenvalue weighted by Crippen LogP contribution is -2.66. The van der Waals surface area contributed by atoms with Crippen LogP contribution in [0, 0.1) is 6.92 Å². The minimum Gasteiger partial charge on any atom is -0.451 e. The Labute approximate surface area is 220 Å². The summed E-state index contributed by atoms with van der Waals surface area (Å²) in [4.78, 5) is 22.7. The molecule has 2 heterocycles. The van der Waals surface area contributed by atoms with Crippen LogP contribution < -0.4 is 0 Å². The molecule has 11 heteroatoms. The number of aliphatic hydroxyl groups excluding tert-OH is 4. The van der Waals surface area contributed by atoms with Crippen molar-refractivity contribution in [2.24, 2.45) is 0 Å². The fourth-order valence-electron chi connectivity index (χ4n) is 4.88. The van der Waals surface area contributed by atoms with Crippen LogP contribution in [0.15, 0.2) is 36.7 Å². The number of benzene rings is 1. The monoisotopic (exact) mass is 531 g/mol. The van der Waals surface area contributed by atoms with Crippen molar-refractivity contribution < 1.29 is 39.4 Å². The number of esters is 1. The zero-order chi connectivity index (χ0) is 27.2. The Morgan fingerprint density at radius 3 is 2.50 bits per heavy atom. The van der Waals surface area contributed by atoms with Gasteiger partial charge in [0.2, 0.25) is 5.82 Å². The summed E-state index contributed by atoms with van der Waals surface area (Å²) in [5, 5.41) is 43.0. The summed E-state index contributed by atoms with van der Waals surface area (Å²) < 4.78 is 17.6. The third-order valence-electron chi connectivity index (χ3n) is 6.94. The molecule has 208 valence electrons. The highest BCUT2D eigenvalue weighted by Gasteiger charge is 2.53.